The van der Waals surface area contributed by atoms with E-state index in [-0.39, 0.29) is 5.82 Å². The zero-order chi connectivity index (χ0) is 13.1. The van der Waals surface area contributed by atoms with Gasteiger partial charge in [0, 0.05) is 26.8 Å². The van der Waals surface area contributed by atoms with Crippen LogP contribution >= 0.6 is 39.1 Å². The number of hydrogen-bond acceptors (Lipinski definition) is 1. The lowest BCUT2D eigenvalue weighted by Crippen LogP contribution is -2.00. The first-order chi connectivity index (χ1) is 8.54. The normalized spacial score (nSPS) is 10.4. The lowest BCUT2D eigenvalue weighted by atomic mass is 10.2. The molecule has 0 aliphatic carbocycles. The van der Waals surface area contributed by atoms with Gasteiger partial charge in [0.05, 0.1) is 0 Å². The summed E-state index contributed by atoms with van der Waals surface area (Å²) in [6.07, 6.45) is 0. The van der Waals surface area contributed by atoms with E-state index in [0.717, 1.165) is 10.0 Å². The van der Waals surface area contributed by atoms with Crippen molar-refractivity contribution in [3.05, 3.63) is 62.3 Å². The van der Waals surface area contributed by atoms with Crippen LogP contribution in [0.15, 0.2) is 40.9 Å². The Hall–Kier alpha value is -0.770. The van der Waals surface area contributed by atoms with Crippen molar-refractivity contribution in [2.75, 3.05) is 5.32 Å². The summed E-state index contributed by atoms with van der Waals surface area (Å²) >= 11 is 15.2. The Balaban J connectivity index is 2.11. The van der Waals surface area contributed by atoms with Gasteiger partial charge in [0.25, 0.3) is 0 Å². The second kappa shape index (κ2) is 5.91. The Labute approximate surface area is 123 Å². The van der Waals surface area contributed by atoms with E-state index in [9.17, 15) is 4.39 Å². The highest BCUT2D eigenvalue weighted by Gasteiger charge is 2.03. The van der Waals surface area contributed by atoms with E-state index < -0.39 is 0 Å². The van der Waals surface area contributed by atoms with Gasteiger partial charge in [0.1, 0.15) is 5.82 Å². The Morgan fingerprint density at radius 2 is 1.89 bits per heavy atom. The van der Waals surface area contributed by atoms with Crippen LogP contribution in [0.5, 0.6) is 0 Å². The van der Waals surface area contributed by atoms with Crippen molar-refractivity contribution >= 4 is 44.8 Å². The predicted molar refractivity (Wildman–Crippen MR) is 77.9 cm³/mol. The summed E-state index contributed by atoms with van der Waals surface area (Å²) in [5.74, 6) is -0.369. The van der Waals surface area contributed by atoms with Crippen molar-refractivity contribution in [3.8, 4) is 0 Å². The van der Waals surface area contributed by atoms with E-state index in [0.29, 0.717) is 22.3 Å². The summed E-state index contributed by atoms with van der Waals surface area (Å²) in [6.45, 7) is 0.506. The van der Waals surface area contributed by atoms with Gasteiger partial charge in [-0.05, 0) is 35.9 Å². The highest BCUT2D eigenvalue weighted by Crippen LogP contribution is 2.23. The Morgan fingerprint density at radius 3 is 2.56 bits per heavy atom. The fraction of sp³-hybridized carbons (Fsp3) is 0.0769. The van der Waals surface area contributed by atoms with Crippen molar-refractivity contribution in [2.45, 2.75) is 6.54 Å². The fourth-order valence-electron chi connectivity index (χ4n) is 1.52. The molecule has 0 bridgehead atoms. The quantitative estimate of drug-likeness (QED) is 0.771. The molecule has 1 nitrogen and oxygen atoms in total. The summed E-state index contributed by atoms with van der Waals surface area (Å²) in [7, 11) is 0. The number of hydrogen-bond donors (Lipinski definition) is 1. The maximum Gasteiger partial charge on any atom is 0.126 e. The van der Waals surface area contributed by atoms with Crippen LogP contribution in [0.3, 0.4) is 0 Å². The molecule has 0 saturated heterocycles. The average Bonchev–Trinajstić information content (AvgIpc) is 2.26. The first-order valence-corrected chi connectivity index (χ1v) is 6.73. The lowest BCUT2D eigenvalue weighted by molar-refractivity contribution is 0.628. The van der Waals surface area contributed by atoms with Gasteiger partial charge < -0.3 is 5.32 Å². The molecule has 18 heavy (non-hydrogen) atoms. The van der Waals surface area contributed by atoms with E-state index in [1.807, 2.05) is 18.2 Å². The third-order valence-corrected chi connectivity index (χ3v) is 3.42. The third-order valence-electron chi connectivity index (χ3n) is 2.36. The summed E-state index contributed by atoms with van der Waals surface area (Å²) in [5.41, 5.74) is 1.55. The molecule has 0 radical (unpaired) electrons. The molecular formula is C13H9BrCl2FN. The fourth-order valence-corrected chi connectivity index (χ4v) is 2.48. The van der Waals surface area contributed by atoms with Crippen molar-refractivity contribution in [3.63, 3.8) is 0 Å². The summed E-state index contributed by atoms with van der Waals surface area (Å²) < 4.78 is 14.1. The van der Waals surface area contributed by atoms with Crippen molar-refractivity contribution < 1.29 is 4.39 Å². The summed E-state index contributed by atoms with van der Waals surface area (Å²) in [4.78, 5) is 0. The van der Waals surface area contributed by atoms with Gasteiger partial charge in [0.2, 0.25) is 0 Å². The van der Waals surface area contributed by atoms with Crippen LogP contribution in [-0.2, 0) is 6.54 Å². The van der Waals surface area contributed by atoms with Gasteiger partial charge in [-0.1, -0.05) is 45.2 Å². The van der Waals surface area contributed by atoms with Gasteiger partial charge in [-0.25, -0.2) is 4.39 Å². The van der Waals surface area contributed by atoms with E-state index in [1.165, 1.54) is 12.1 Å². The largest absolute Gasteiger partial charge is 0.381 e. The van der Waals surface area contributed by atoms with Gasteiger partial charge >= 0.3 is 0 Å². The molecule has 0 aliphatic rings. The molecule has 0 aromatic heterocycles. The topological polar surface area (TPSA) is 12.0 Å². The Kier molecular flexibility index (Phi) is 4.49. The molecule has 2 rings (SSSR count). The second-order valence-electron chi connectivity index (χ2n) is 3.75. The van der Waals surface area contributed by atoms with E-state index in [2.05, 4.69) is 21.2 Å². The molecule has 0 spiro atoms. The van der Waals surface area contributed by atoms with E-state index >= 15 is 0 Å². The van der Waals surface area contributed by atoms with E-state index in [1.54, 1.807) is 6.07 Å². The highest BCUT2D eigenvalue weighted by atomic mass is 79.9. The molecule has 0 amide bonds. The maximum atomic E-state index is 13.1. The van der Waals surface area contributed by atoms with Crippen LogP contribution in [0.1, 0.15) is 5.56 Å². The Morgan fingerprint density at radius 1 is 1.11 bits per heavy atom. The van der Waals surface area contributed by atoms with Crippen LogP contribution in [0.2, 0.25) is 10.0 Å². The molecule has 0 aliphatic heterocycles. The predicted octanol–water partition coefficient (Wildman–Crippen LogP) is 5.51. The highest BCUT2D eigenvalue weighted by molar-refractivity contribution is 9.10. The number of rotatable bonds is 3. The molecule has 0 fully saturated rings. The minimum absolute atomic E-state index is 0.361. The van der Waals surface area contributed by atoms with E-state index in [4.69, 9.17) is 23.2 Å². The smallest absolute Gasteiger partial charge is 0.126 e. The zero-order valence-electron chi connectivity index (χ0n) is 9.18. The minimum Gasteiger partial charge on any atom is -0.381 e. The van der Waals surface area contributed by atoms with Crippen LogP contribution < -0.4 is 5.32 Å². The first-order valence-electron chi connectivity index (χ1n) is 5.18. The number of benzene rings is 2. The monoisotopic (exact) mass is 347 g/mol. The molecule has 94 valence electrons. The lowest BCUT2D eigenvalue weighted by Gasteiger charge is -2.09. The molecule has 2 aromatic carbocycles. The standard InChI is InChI=1S/C13H9BrCl2FN/c14-9-2-1-8(13(16)3-9)7-18-12-5-10(15)4-11(17)6-12/h1-6,18H,7H2. The van der Waals surface area contributed by atoms with Crippen molar-refractivity contribution in [1.82, 2.24) is 0 Å². The van der Waals surface area contributed by atoms with Crippen molar-refractivity contribution in [2.24, 2.45) is 0 Å². The summed E-state index contributed by atoms with van der Waals surface area (Å²) in [6, 6.07) is 9.94. The molecule has 2 aromatic rings. The number of anilines is 1. The van der Waals surface area contributed by atoms with Crippen LogP contribution in [0.25, 0.3) is 0 Å². The maximum absolute atomic E-state index is 13.1. The zero-order valence-corrected chi connectivity index (χ0v) is 12.3. The molecule has 0 unspecified atom stereocenters. The van der Waals surface area contributed by atoms with Crippen LogP contribution in [0, 0.1) is 5.82 Å². The molecular weight excluding hydrogens is 340 g/mol. The number of halogens is 4. The number of nitrogens with one attached hydrogen (secondary N) is 1. The average molecular weight is 349 g/mol. The SMILES string of the molecule is Fc1cc(Cl)cc(NCc2ccc(Br)cc2Cl)c1. The molecule has 5 heteroatoms. The minimum atomic E-state index is -0.369. The van der Waals surface area contributed by atoms with Crippen molar-refractivity contribution in [1.29, 1.82) is 0 Å². The van der Waals surface area contributed by atoms with Gasteiger partial charge in [-0.15, -0.1) is 0 Å². The third kappa shape index (κ3) is 3.61. The Bertz CT molecular complexity index is 555. The van der Waals surface area contributed by atoms with Crippen LogP contribution in [-0.4, -0.2) is 0 Å². The van der Waals surface area contributed by atoms with Gasteiger partial charge in [-0.3, -0.25) is 0 Å². The first kappa shape index (κ1) is 13.7. The van der Waals surface area contributed by atoms with Crippen LogP contribution in [0.4, 0.5) is 10.1 Å². The van der Waals surface area contributed by atoms with Gasteiger partial charge in [0.15, 0.2) is 0 Å². The van der Waals surface area contributed by atoms with Gasteiger partial charge in [-0.2, -0.15) is 0 Å². The second-order valence-corrected chi connectivity index (χ2v) is 5.51. The molecule has 0 saturated carbocycles. The molecule has 0 heterocycles. The molecule has 0 atom stereocenters. The molecule has 1 N–H and O–H groups in total. The summed E-state index contributed by atoms with van der Waals surface area (Å²) in [5, 5.41) is 4.09.